The summed E-state index contributed by atoms with van der Waals surface area (Å²) in [5.41, 5.74) is 2.48. The Morgan fingerprint density at radius 2 is 1.89 bits per heavy atom. The van der Waals surface area contributed by atoms with E-state index in [1.54, 1.807) is 23.5 Å². The number of benzene rings is 2. The van der Waals surface area contributed by atoms with Crippen molar-refractivity contribution in [2.24, 2.45) is 0 Å². The van der Waals surface area contributed by atoms with Crippen LogP contribution in [0.5, 0.6) is 0 Å². The van der Waals surface area contributed by atoms with Gasteiger partial charge in [0.15, 0.2) is 0 Å². The minimum absolute atomic E-state index is 0.438. The summed E-state index contributed by atoms with van der Waals surface area (Å²) in [6.45, 7) is 0. The van der Waals surface area contributed by atoms with Crippen LogP contribution in [0, 0.1) is 0 Å². The molecule has 3 aromatic rings. The molecular weight excluding hydrogens is 266 g/mol. The molecule has 1 heterocycles. The molecule has 18 heavy (non-hydrogen) atoms. The SMILES string of the molecule is O=C(Cl)c1ccc2nc(-c3ccccc3)sc2c1. The zero-order valence-corrected chi connectivity index (χ0v) is 10.8. The normalized spacial score (nSPS) is 10.7. The van der Waals surface area contributed by atoms with Gasteiger partial charge in [0, 0.05) is 11.1 Å². The van der Waals surface area contributed by atoms with Crippen LogP contribution in [0.4, 0.5) is 0 Å². The molecule has 0 bridgehead atoms. The van der Waals surface area contributed by atoms with E-state index in [0.29, 0.717) is 5.56 Å². The van der Waals surface area contributed by atoms with Gasteiger partial charge in [-0.05, 0) is 29.8 Å². The molecule has 4 heteroatoms. The van der Waals surface area contributed by atoms with Gasteiger partial charge in [-0.1, -0.05) is 30.3 Å². The predicted molar refractivity (Wildman–Crippen MR) is 75.2 cm³/mol. The van der Waals surface area contributed by atoms with Gasteiger partial charge >= 0.3 is 0 Å². The monoisotopic (exact) mass is 273 g/mol. The van der Waals surface area contributed by atoms with Crippen LogP contribution >= 0.6 is 22.9 Å². The lowest BCUT2D eigenvalue weighted by molar-refractivity contribution is 0.108. The maximum atomic E-state index is 11.1. The van der Waals surface area contributed by atoms with Crippen molar-refractivity contribution >= 4 is 38.4 Å². The van der Waals surface area contributed by atoms with Gasteiger partial charge in [0.2, 0.25) is 0 Å². The Balaban J connectivity index is 2.14. The number of halogens is 1. The fourth-order valence-corrected chi connectivity index (χ4v) is 2.88. The van der Waals surface area contributed by atoms with Gasteiger partial charge in [-0.15, -0.1) is 11.3 Å². The zero-order chi connectivity index (χ0) is 12.5. The molecule has 0 N–H and O–H groups in total. The lowest BCUT2D eigenvalue weighted by atomic mass is 10.2. The maximum absolute atomic E-state index is 11.1. The second kappa shape index (κ2) is 4.52. The third-order valence-electron chi connectivity index (χ3n) is 2.64. The van der Waals surface area contributed by atoms with Crippen LogP contribution in [0.2, 0.25) is 0 Å². The number of carbonyl (C=O) groups is 1. The van der Waals surface area contributed by atoms with E-state index in [1.807, 2.05) is 36.4 Å². The van der Waals surface area contributed by atoms with Crippen molar-refractivity contribution in [3.8, 4) is 10.6 Å². The molecule has 0 atom stereocenters. The van der Waals surface area contributed by atoms with Crippen molar-refractivity contribution in [1.29, 1.82) is 0 Å². The average Bonchev–Trinajstić information content (AvgIpc) is 2.82. The topological polar surface area (TPSA) is 30.0 Å². The van der Waals surface area contributed by atoms with Crippen LogP contribution in [-0.4, -0.2) is 10.2 Å². The summed E-state index contributed by atoms with van der Waals surface area (Å²) in [6, 6.07) is 15.3. The predicted octanol–water partition coefficient (Wildman–Crippen LogP) is 4.34. The van der Waals surface area contributed by atoms with E-state index in [0.717, 1.165) is 20.8 Å². The van der Waals surface area contributed by atoms with Gasteiger partial charge in [0.1, 0.15) is 5.01 Å². The molecule has 0 radical (unpaired) electrons. The molecule has 88 valence electrons. The Morgan fingerprint density at radius 3 is 2.61 bits per heavy atom. The van der Waals surface area contributed by atoms with Gasteiger partial charge in [-0.25, -0.2) is 4.98 Å². The number of aromatic nitrogens is 1. The van der Waals surface area contributed by atoms with Crippen LogP contribution in [0.3, 0.4) is 0 Å². The largest absolute Gasteiger partial charge is 0.276 e. The number of thiazole rings is 1. The number of hydrogen-bond acceptors (Lipinski definition) is 3. The van der Waals surface area contributed by atoms with E-state index >= 15 is 0 Å². The number of carbonyl (C=O) groups excluding carboxylic acids is 1. The third-order valence-corrected chi connectivity index (χ3v) is 3.92. The molecule has 0 unspecified atom stereocenters. The van der Waals surface area contributed by atoms with Crippen molar-refractivity contribution in [2.75, 3.05) is 0 Å². The highest BCUT2D eigenvalue weighted by atomic mass is 35.5. The van der Waals surface area contributed by atoms with Crippen molar-refractivity contribution in [2.45, 2.75) is 0 Å². The van der Waals surface area contributed by atoms with E-state index in [1.165, 1.54) is 0 Å². The lowest BCUT2D eigenvalue weighted by Crippen LogP contribution is -1.86. The van der Waals surface area contributed by atoms with Gasteiger partial charge in [0.25, 0.3) is 5.24 Å². The quantitative estimate of drug-likeness (QED) is 0.650. The molecule has 2 aromatic carbocycles. The molecule has 0 aliphatic heterocycles. The fraction of sp³-hybridized carbons (Fsp3) is 0. The maximum Gasteiger partial charge on any atom is 0.252 e. The molecule has 0 saturated carbocycles. The molecule has 0 aliphatic carbocycles. The van der Waals surface area contributed by atoms with Crippen molar-refractivity contribution < 1.29 is 4.79 Å². The van der Waals surface area contributed by atoms with Crippen molar-refractivity contribution in [3.63, 3.8) is 0 Å². The van der Waals surface area contributed by atoms with Crippen LogP contribution in [0.25, 0.3) is 20.8 Å². The summed E-state index contributed by atoms with van der Waals surface area (Å²) >= 11 is 7.03. The fourth-order valence-electron chi connectivity index (χ4n) is 1.75. The highest BCUT2D eigenvalue weighted by Crippen LogP contribution is 2.30. The Bertz CT molecular complexity index is 721. The minimum Gasteiger partial charge on any atom is -0.276 e. The number of hydrogen-bond donors (Lipinski definition) is 0. The number of rotatable bonds is 2. The Hall–Kier alpha value is -1.71. The summed E-state index contributed by atoms with van der Waals surface area (Å²) in [6.07, 6.45) is 0. The highest BCUT2D eigenvalue weighted by Gasteiger charge is 2.08. The smallest absolute Gasteiger partial charge is 0.252 e. The van der Waals surface area contributed by atoms with Gasteiger partial charge < -0.3 is 0 Å². The first-order chi connectivity index (χ1) is 8.74. The van der Waals surface area contributed by atoms with E-state index in [9.17, 15) is 4.79 Å². The average molecular weight is 274 g/mol. The minimum atomic E-state index is -0.438. The van der Waals surface area contributed by atoms with Crippen LogP contribution in [0.15, 0.2) is 48.5 Å². The summed E-state index contributed by atoms with van der Waals surface area (Å²) in [4.78, 5) is 15.7. The molecular formula is C14H8ClNOS. The molecule has 0 spiro atoms. The van der Waals surface area contributed by atoms with E-state index < -0.39 is 5.24 Å². The second-order valence-electron chi connectivity index (χ2n) is 3.84. The van der Waals surface area contributed by atoms with Crippen LogP contribution < -0.4 is 0 Å². The molecule has 0 fully saturated rings. The zero-order valence-electron chi connectivity index (χ0n) is 9.26. The molecule has 0 saturated heterocycles. The molecule has 3 rings (SSSR count). The lowest BCUT2D eigenvalue weighted by Gasteiger charge is -1.92. The second-order valence-corrected chi connectivity index (χ2v) is 5.22. The summed E-state index contributed by atoms with van der Waals surface area (Å²) in [5, 5.41) is 0.510. The highest BCUT2D eigenvalue weighted by molar-refractivity contribution is 7.21. The van der Waals surface area contributed by atoms with Crippen LogP contribution in [-0.2, 0) is 0 Å². The van der Waals surface area contributed by atoms with Gasteiger partial charge in [-0.3, -0.25) is 4.79 Å². The first kappa shape index (κ1) is 11.4. The number of nitrogens with zero attached hydrogens (tertiary/aromatic N) is 1. The molecule has 0 aliphatic rings. The van der Waals surface area contributed by atoms with Gasteiger partial charge in [0.05, 0.1) is 10.2 Å². The van der Waals surface area contributed by atoms with Gasteiger partial charge in [-0.2, -0.15) is 0 Å². The first-order valence-corrected chi connectivity index (χ1v) is 6.59. The van der Waals surface area contributed by atoms with Crippen molar-refractivity contribution in [1.82, 2.24) is 4.98 Å². The van der Waals surface area contributed by atoms with E-state index in [-0.39, 0.29) is 0 Å². The Morgan fingerprint density at radius 1 is 1.11 bits per heavy atom. The first-order valence-electron chi connectivity index (χ1n) is 5.40. The Labute approximate surface area is 113 Å². The molecule has 0 amide bonds. The Kier molecular flexibility index (Phi) is 2.86. The van der Waals surface area contributed by atoms with E-state index in [4.69, 9.17) is 11.6 Å². The summed E-state index contributed by atoms with van der Waals surface area (Å²) in [7, 11) is 0. The van der Waals surface area contributed by atoms with Crippen molar-refractivity contribution in [3.05, 3.63) is 54.1 Å². The van der Waals surface area contributed by atoms with E-state index in [2.05, 4.69) is 4.98 Å². The molecule has 1 aromatic heterocycles. The number of fused-ring (bicyclic) bond motifs is 1. The summed E-state index contributed by atoms with van der Waals surface area (Å²) in [5.74, 6) is 0. The standard InChI is InChI=1S/C14H8ClNOS/c15-13(17)10-6-7-11-12(8-10)18-14(16-11)9-4-2-1-3-5-9/h1-8H. The molecule has 2 nitrogen and oxygen atoms in total. The third kappa shape index (κ3) is 2.03. The summed E-state index contributed by atoms with van der Waals surface area (Å²) < 4.78 is 0.973. The van der Waals surface area contributed by atoms with Crippen LogP contribution in [0.1, 0.15) is 10.4 Å².